The molecule has 2 heterocycles. The largest absolute Gasteiger partial charge is 0.481 e. The van der Waals surface area contributed by atoms with Gasteiger partial charge < -0.3 is 9.84 Å². The second kappa shape index (κ2) is 9.04. The normalized spacial score (nSPS) is 18.7. The molecule has 1 N–H and O–H groups in total. The standard InChI is InChI=1S/C19H24N4O5S2/c24-17(25)13-29-19-21-20-18(23(19)15-5-1-2-6-15)14-4-3-7-16(12-14)30(26,27)22-8-10-28-11-9-22/h3-4,7,12,15H,1-2,5-6,8-11,13H2,(H,24,25). The van der Waals surface area contributed by atoms with E-state index in [1.165, 1.54) is 4.31 Å². The highest BCUT2D eigenvalue weighted by molar-refractivity contribution is 7.99. The Morgan fingerprint density at radius 1 is 1.20 bits per heavy atom. The van der Waals surface area contributed by atoms with Crippen LogP contribution in [-0.4, -0.2) is 70.6 Å². The molecule has 1 aromatic heterocycles. The van der Waals surface area contributed by atoms with Crippen LogP contribution in [0.1, 0.15) is 31.7 Å². The van der Waals surface area contributed by atoms with E-state index in [4.69, 9.17) is 9.84 Å². The Hall–Kier alpha value is -1.95. The predicted molar refractivity (Wildman–Crippen MR) is 111 cm³/mol. The van der Waals surface area contributed by atoms with Crippen LogP contribution in [0.15, 0.2) is 34.3 Å². The third-order valence-electron chi connectivity index (χ3n) is 5.38. The number of benzene rings is 1. The minimum absolute atomic E-state index is 0.101. The molecule has 1 saturated carbocycles. The van der Waals surface area contributed by atoms with Crippen LogP contribution < -0.4 is 0 Å². The maximum Gasteiger partial charge on any atom is 0.313 e. The lowest BCUT2D eigenvalue weighted by Gasteiger charge is -2.26. The number of ether oxygens (including phenoxy) is 1. The highest BCUT2D eigenvalue weighted by Crippen LogP contribution is 2.37. The van der Waals surface area contributed by atoms with Crippen molar-refractivity contribution in [3.63, 3.8) is 0 Å². The van der Waals surface area contributed by atoms with Crippen molar-refractivity contribution in [2.75, 3.05) is 32.1 Å². The van der Waals surface area contributed by atoms with Crippen LogP contribution in [0, 0.1) is 0 Å². The van der Waals surface area contributed by atoms with Crippen molar-refractivity contribution >= 4 is 27.8 Å². The summed E-state index contributed by atoms with van der Waals surface area (Å²) in [6.07, 6.45) is 4.13. The lowest BCUT2D eigenvalue weighted by atomic mass is 10.2. The summed E-state index contributed by atoms with van der Waals surface area (Å²) < 4.78 is 34.8. The van der Waals surface area contributed by atoms with Crippen molar-refractivity contribution in [1.29, 1.82) is 0 Å². The molecule has 2 aliphatic rings. The Morgan fingerprint density at radius 3 is 2.63 bits per heavy atom. The van der Waals surface area contributed by atoms with E-state index < -0.39 is 16.0 Å². The van der Waals surface area contributed by atoms with Crippen LogP contribution in [0.4, 0.5) is 0 Å². The number of aromatic nitrogens is 3. The van der Waals surface area contributed by atoms with Gasteiger partial charge in [-0.25, -0.2) is 8.42 Å². The summed E-state index contributed by atoms with van der Waals surface area (Å²) in [5.41, 5.74) is 0.658. The molecule has 0 unspecified atom stereocenters. The molecule has 4 rings (SSSR count). The first-order valence-electron chi connectivity index (χ1n) is 9.94. The second-order valence-corrected chi connectivity index (χ2v) is 10.2. The van der Waals surface area contributed by atoms with Gasteiger partial charge in [-0.1, -0.05) is 36.7 Å². The molecule has 2 fully saturated rings. The first-order chi connectivity index (χ1) is 14.5. The lowest BCUT2D eigenvalue weighted by molar-refractivity contribution is -0.133. The number of hydrogen-bond donors (Lipinski definition) is 1. The fourth-order valence-electron chi connectivity index (χ4n) is 3.92. The molecule has 1 saturated heterocycles. The monoisotopic (exact) mass is 452 g/mol. The minimum atomic E-state index is -3.63. The van der Waals surface area contributed by atoms with Crippen LogP contribution in [0.2, 0.25) is 0 Å². The van der Waals surface area contributed by atoms with Crippen LogP contribution >= 0.6 is 11.8 Å². The number of carbonyl (C=O) groups is 1. The zero-order valence-electron chi connectivity index (χ0n) is 16.4. The first kappa shape index (κ1) is 21.3. The number of rotatable bonds is 7. The Bertz CT molecular complexity index is 1010. The lowest BCUT2D eigenvalue weighted by Crippen LogP contribution is -2.40. The summed E-state index contributed by atoms with van der Waals surface area (Å²) in [6, 6.07) is 6.93. The number of nitrogens with zero attached hydrogens (tertiary/aromatic N) is 4. The third-order valence-corrected chi connectivity index (χ3v) is 8.20. The molecular weight excluding hydrogens is 428 g/mol. The van der Waals surface area contributed by atoms with E-state index >= 15 is 0 Å². The maximum absolute atomic E-state index is 13.1. The summed E-state index contributed by atoms with van der Waals surface area (Å²) in [6.45, 7) is 1.44. The van der Waals surface area contributed by atoms with Crippen molar-refractivity contribution in [3.05, 3.63) is 24.3 Å². The SMILES string of the molecule is O=C(O)CSc1nnc(-c2cccc(S(=O)(=O)N3CCOCC3)c2)n1C1CCCC1. The van der Waals surface area contributed by atoms with Gasteiger partial charge in [-0.2, -0.15) is 4.31 Å². The second-order valence-electron chi connectivity index (χ2n) is 7.34. The van der Waals surface area contributed by atoms with E-state index in [0.29, 0.717) is 42.8 Å². The third kappa shape index (κ3) is 4.39. The van der Waals surface area contributed by atoms with Gasteiger partial charge in [-0.3, -0.25) is 9.36 Å². The maximum atomic E-state index is 13.1. The molecule has 9 nitrogen and oxygen atoms in total. The molecular formula is C19H24N4O5S2. The van der Waals surface area contributed by atoms with Gasteiger partial charge in [0.2, 0.25) is 10.0 Å². The number of aliphatic carboxylic acids is 1. The van der Waals surface area contributed by atoms with Crippen LogP contribution in [0.3, 0.4) is 0 Å². The van der Waals surface area contributed by atoms with Crippen molar-refractivity contribution in [3.8, 4) is 11.4 Å². The molecule has 0 spiro atoms. The Morgan fingerprint density at radius 2 is 1.93 bits per heavy atom. The molecule has 0 atom stereocenters. The molecule has 162 valence electrons. The molecule has 1 aliphatic carbocycles. The van der Waals surface area contributed by atoms with E-state index in [2.05, 4.69) is 10.2 Å². The predicted octanol–water partition coefficient (Wildman–Crippen LogP) is 2.26. The van der Waals surface area contributed by atoms with E-state index in [0.717, 1.165) is 37.4 Å². The van der Waals surface area contributed by atoms with E-state index in [1.807, 2.05) is 10.6 Å². The van der Waals surface area contributed by atoms with Gasteiger partial charge in [0.1, 0.15) is 0 Å². The molecule has 1 aromatic carbocycles. The van der Waals surface area contributed by atoms with Crippen molar-refractivity contribution in [2.45, 2.75) is 41.8 Å². The van der Waals surface area contributed by atoms with Gasteiger partial charge in [-0.15, -0.1) is 10.2 Å². The molecule has 11 heteroatoms. The number of carboxylic acids is 1. The van der Waals surface area contributed by atoms with Gasteiger partial charge in [0.05, 0.1) is 23.9 Å². The molecule has 0 amide bonds. The quantitative estimate of drug-likeness (QED) is 0.636. The average Bonchev–Trinajstić information content (AvgIpc) is 3.42. The van der Waals surface area contributed by atoms with Gasteiger partial charge in [0.25, 0.3) is 0 Å². The highest BCUT2D eigenvalue weighted by atomic mass is 32.2. The topological polar surface area (TPSA) is 115 Å². The van der Waals surface area contributed by atoms with Crippen molar-refractivity contribution in [1.82, 2.24) is 19.1 Å². The summed E-state index contributed by atoms with van der Waals surface area (Å²) in [5.74, 6) is -0.439. The number of hydrogen-bond acceptors (Lipinski definition) is 7. The number of sulfonamides is 1. The Labute approximate surface area is 179 Å². The van der Waals surface area contributed by atoms with Gasteiger partial charge >= 0.3 is 5.97 Å². The Balaban J connectivity index is 1.70. The minimum Gasteiger partial charge on any atom is -0.481 e. The first-order valence-corrected chi connectivity index (χ1v) is 12.4. The zero-order chi connectivity index (χ0) is 21.1. The molecule has 0 bridgehead atoms. The molecule has 0 radical (unpaired) electrons. The van der Waals surface area contributed by atoms with Gasteiger partial charge in [0.15, 0.2) is 11.0 Å². The Kier molecular flexibility index (Phi) is 6.42. The summed E-state index contributed by atoms with van der Waals surface area (Å²) in [7, 11) is -3.63. The molecule has 1 aliphatic heterocycles. The average molecular weight is 453 g/mol. The summed E-state index contributed by atoms with van der Waals surface area (Å²) >= 11 is 1.14. The van der Waals surface area contributed by atoms with Crippen LogP contribution in [0.25, 0.3) is 11.4 Å². The van der Waals surface area contributed by atoms with Crippen molar-refractivity contribution < 1.29 is 23.1 Å². The molecule has 30 heavy (non-hydrogen) atoms. The van der Waals surface area contributed by atoms with Crippen LogP contribution in [-0.2, 0) is 19.6 Å². The fraction of sp³-hybridized carbons (Fsp3) is 0.526. The zero-order valence-corrected chi connectivity index (χ0v) is 18.1. The molecule has 2 aromatic rings. The van der Waals surface area contributed by atoms with Crippen molar-refractivity contribution in [2.24, 2.45) is 0 Å². The van der Waals surface area contributed by atoms with E-state index in [-0.39, 0.29) is 16.7 Å². The van der Waals surface area contributed by atoms with E-state index in [9.17, 15) is 13.2 Å². The number of carboxylic acid groups (broad SMARTS) is 1. The van der Waals surface area contributed by atoms with Crippen LogP contribution in [0.5, 0.6) is 0 Å². The van der Waals surface area contributed by atoms with E-state index in [1.54, 1.807) is 18.2 Å². The summed E-state index contributed by atoms with van der Waals surface area (Å²) in [5, 5.41) is 18.1. The smallest absolute Gasteiger partial charge is 0.313 e. The van der Waals surface area contributed by atoms with Gasteiger partial charge in [-0.05, 0) is 25.0 Å². The number of thioether (sulfide) groups is 1. The number of morpholine rings is 1. The fourth-order valence-corrected chi connectivity index (χ4v) is 6.10. The van der Waals surface area contributed by atoms with Gasteiger partial charge in [0, 0.05) is 24.7 Å². The summed E-state index contributed by atoms with van der Waals surface area (Å²) in [4.78, 5) is 11.2. The highest BCUT2D eigenvalue weighted by Gasteiger charge is 2.29.